The summed E-state index contributed by atoms with van der Waals surface area (Å²) in [6.07, 6.45) is -0.471. The number of hydrogen-bond acceptors (Lipinski definition) is 7. The molecule has 2 rings (SSSR count). The Balaban J connectivity index is 0.00000684. The molecule has 0 amide bonds. The molecule has 0 radical (unpaired) electrons. The second-order valence-electron chi connectivity index (χ2n) is 9.14. The fourth-order valence-corrected chi connectivity index (χ4v) is 5.57. The van der Waals surface area contributed by atoms with Gasteiger partial charge in [-0.15, -0.1) is 0 Å². The minimum Gasteiger partial charge on any atom is -0.508 e. The van der Waals surface area contributed by atoms with Gasteiger partial charge in [-0.3, -0.25) is 18.9 Å². The van der Waals surface area contributed by atoms with E-state index in [4.69, 9.17) is 0 Å². The smallest absolute Gasteiger partial charge is 0.508 e. The van der Waals surface area contributed by atoms with Crippen LogP contribution in [0.15, 0.2) is 48.5 Å². The minimum absolute atomic E-state index is 0. The second-order valence-corrected chi connectivity index (χ2v) is 12.4. The van der Waals surface area contributed by atoms with Gasteiger partial charge >= 0.3 is 32.3 Å². The molecule has 0 saturated heterocycles. The van der Waals surface area contributed by atoms with Gasteiger partial charge in [0.15, 0.2) is 0 Å². The Bertz CT molecular complexity index is 990. The molecule has 0 saturated carbocycles. The summed E-state index contributed by atoms with van der Waals surface area (Å²) in [5.41, 5.74) is 0.839. The van der Waals surface area contributed by atoms with Crippen LogP contribution < -0.4 is 0 Å². The average Bonchev–Trinajstić information content (AvgIpc) is 2.74. The van der Waals surface area contributed by atoms with Crippen LogP contribution >= 0.6 is 15.2 Å². The van der Waals surface area contributed by atoms with Crippen LogP contribution in [-0.2, 0) is 39.3 Å². The van der Waals surface area contributed by atoms with Gasteiger partial charge < -0.3 is 34.7 Å². The van der Waals surface area contributed by atoms with Crippen molar-refractivity contribution < 1.29 is 56.0 Å². The van der Waals surface area contributed by atoms with E-state index in [-0.39, 0.29) is 41.7 Å². The molecule has 0 atom stereocenters. The largest absolute Gasteiger partial charge is 2.00 e. The first-order valence-corrected chi connectivity index (χ1v) is 15.1. The molecule has 0 aliphatic rings. The van der Waals surface area contributed by atoms with Crippen molar-refractivity contribution in [3.05, 3.63) is 59.7 Å². The molecule has 0 bridgehead atoms. The van der Waals surface area contributed by atoms with Crippen LogP contribution in [0.3, 0.4) is 0 Å². The van der Waals surface area contributed by atoms with E-state index >= 15 is 0 Å². The molecule has 0 spiro atoms. The molecule has 0 aliphatic carbocycles. The number of rotatable bonds is 15. The Labute approximate surface area is 228 Å². The van der Waals surface area contributed by atoms with Crippen molar-refractivity contribution in [1.29, 1.82) is 0 Å². The summed E-state index contributed by atoms with van der Waals surface area (Å²) in [5.74, 6) is -0.108. The van der Waals surface area contributed by atoms with Gasteiger partial charge in [0.25, 0.3) is 0 Å². The molecule has 208 valence electrons. The van der Waals surface area contributed by atoms with Crippen LogP contribution in [0.5, 0.6) is 11.5 Å². The fourth-order valence-electron chi connectivity index (χ4n) is 4.05. The van der Waals surface area contributed by atoms with Crippen molar-refractivity contribution in [2.45, 2.75) is 38.5 Å². The van der Waals surface area contributed by atoms with E-state index in [1.165, 1.54) is 21.9 Å². The molecule has 14 heteroatoms. The average molecular weight is 601 g/mol. The van der Waals surface area contributed by atoms with Crippen LogP contribution in [0, 0.1) is 0 Å². The third kappa shape index (κ3) is 12.9. The van der Waals surface area contributed by atoms with Gasteiger partial charge in [-0.1, -0.05) is 36.4 Å². The molecule has 0 fully saturated rings. The number of hydrogen-bond donors (Lipinski definition) is 6. The number of benzene rings is 2. The molecular weight excluding hydrogens is 564 g/mol. The third-order valence-corrected chi connectivity index (χ3v) is 7.09. The summed E-state index contributed by atoms with van der Waals surface area (Å²) in [5, 5.41) is 20.6. The monoisotopic (exact) mass is 601 g/mol. The summed E-state index contributed by atoms with van der Waals surface area (Å²) in [6.45, 7) is 0.645. The van der Waals surface area contributed by atoms with Crippen LogP contribution in [0.25, 0.3) is 0 Å². The number of aromatic hydroxyl groups is 2. The standard InChI is InChI=1S/C23H37N3O8P2.Fe/c1-24(2)14-8-7-13-23(25(17-35(29,30)31)15-19-9-3-5-11-21(19)27)26(18-36(32,33)34)16-20-10-4-6-12-22(20)28;/h3-6,9-12,23,27-28H,7-8,13-18H2,1-2H3,(H2,29,30,31)(H2,32,33,34);/q;+2. The van der Waals surface area contributed by atoms with E-state index in [1.54, 1.807) is 36.4 Å². The van der Waals surface area contributed by atoms with E-state index in [0.717, 1.165) is 13.0 Å². The topological polar surface area (TPSA) is 165 Å². The Kier molecular flexibility index (Phi) is 14.0. The van der Waals surface area contributed by atoms with E-state index in [0.29, 0.717) is 24.0 Å². The van der Waals surface area contributed by atoms with Crippen molar-refractivity contribution in [1.82, 2.24) is 14.7 Å². The number of phenols is 2. The molecule has 0 aliphatic heterocycles. The van der Waals surface area contributed by atoms with Gasteiger partial charge in [0, 0.05) is 24.2 Å². The molecule has 37 heavy (non-hydrogen) atoms. The van der Waals surface area contributed by atoms with Crippen LogP contribution in [0.2, 0.25) is 0 Å². The zero-order chi connectivity index (χ0) is 26.9. The summed E-state index contributed by atoms with van der Waals surface area (Å²) < 4.78 is 24.3. The number of nitrogens with zero attached hydrogens (tertiary/aromatic N) is 3. The summed E-state index contributed by atoms with van der Waals surface area (Å²) in [6, 6.07) is 12.8. The van der Waals surface area contributed by atoms with Gasteiger partial charge in [-0.05, 0) is 52.0 Å². The molecule has 2 aromatic carbocycles. The van der Waals surface area contributed by atoms with Crippen molar-refractivity contribution in [2.24, 2.45) is 0 Å². The predicted octanol–water partition coefficient (Wildman–Crippen LogP) is 2.73. The first kappa shape index (κ1) is 33.8. The predicted molar refractivity (Wildman–Crippen MR) is 137 cm³/mol. The van der Waals surface area contributed by atoms with Crippen LogP contribution in [-0.4, -0.2) is 83.9 Å². The van der Waals surface area contributed by atoms with Crippen molar-refractivity contribution in [3.8, 4) is 11.5 Å². The van der Waals surface area contributed by atoms with Crippen molar-refractivity contribution in [2.75, 3.05) is 33.2 Å². The molecule has 0 unspecified atom stereocenters. The Morgan fingerprint density at radius 2 is 1.14 bits per heavy atom. The Hall–Kier alpha value is -1.26. The van der Waals surface area contributed by atoms with Gasteiger partial charge in [0.05, 0.1) is 6.17 Å². The molecule has 11 nitrogen and oxygen atoms in total. The van der Waals surface area contributed by atoms with E-state index < -0.39 is 33.9 Å². The normalized spacial score (nSPS) is 12.5. The SMILES string of the molecule is CN(C)CCCCC(N(Cc1ccccc1O)CP(=O)(O)O)N(Cc1ccccc1O)CP(=O)(O)O.[Fe+2]. The third-order valence-electron chi connectivity index (χ3n) is 5.62. The maximum Gasteiger partial charge on any atom is 2.00 e. The van der Waals surface area contributed by atoms with Crippen LogP contribution in [0.1, 0.15) is 30.4 Å². The molecule has 2 aromatic rings. The van der Waals surface area contributed by atoms with Gasteiger partial charge in [0.1, 0.15) is 24.1 Å². The number of unbranched alkanes of at least 4 members (excludes halogenated alkanes) is 1. The number of phenolic OH excluding ortho intramolecular Hbond substituents is 2. The Morgan fingerprint density at radius 1 is 0.730 bits per heavy atom. The summed E-state index contributed by atoms with van der Waals surface area (Å²) >= 11 is 0. The van der Waals surface area contributed by atoms with Gasteiger partial charge in [-0.2, -0.15) is 0 Å². The van der Waals surface area contributed by atoms with Crippen molar-refractivity contribution in [3.63, 3.8) is 0 Å². The van der Waals surface area contributed by atoms with E-state index in [1.807, 2.05) is 19.0 Å². The van der Waals surface area contributed by atoms with Gasteiger partial charge in [-0.25, -0.2) is 0 Å². The molecular formula is C23H37FeN3O8P2+2. The van der Waals surface area contributed by atoms with E-state index in [9.17, 15) is 38.9 Å². The van der Waals surface area contributed by atoms with Gasteiger partial charge in [0.2, 0.25) is 0 Å². The first-order chi connectivity index (χ1) is 16.7. The van der Waals surface area contributed by atoms with Crippen LogP contribution in [0.4, 0.5) is 0 Å². The zero-order valence-electron chi connectivity index (χ0n) is 20.9. The second kappa shape index (κ2) is 15.4. The maximum atomic E-state index is 12.1. The summed E-state index contributed by atoms with van der Waals surface area (Å²) in [7, 11) is -5.35. The number of para-hydroxylation sites is 2. The minimum atomic E-state index is -4.60. The molecule has 0 heterocycles. The maximum absolute atomic E-state index is 12.1. The quantitative estimate of drug-likeness (QED) is 0.0770. The Morgan fingerprint density at radius 3 is 1.49 bits per heavy atom. The fraction of sp³-hybridized carbons (Fsp3) is 0.478. The summed E-state index contributed by atoms with van der Waals surface area (Å²) in [4.78, 5) is 44.4. The molecule has 0 aromatic heterocycles. The first-order valence-electron chi connectivity index (χ1n) is 11.5. The van der Waals surface area contributed by atoms with Crippen molar-refractivity contribution >= 4 is 15.2 Å². The molecule has 6 N–H and O–H groups in total. The van der Waals surface area contributed by atoms with E-state index in [2.05, 4.69) is 0 Å². The zero-order valence-corrected chi connectivity index (χ0v) is 23.8.